The van der Waals surface area contributed by atoms with E-state index in [1.807, 2.05) is 17.0 Å². The third kappa shape index (κ3) is 4.02. The molecular formula is C20H21ClN2O2. The van der Waals surface area contributed by atoms with Crippen LogP contribution in [0.2, 0.25) is 5.02 Å². The van der Waals surface area contributed by atoms with E-state index in [1.54, 1.807) is 36.1 Å². The Morgan fingerprint density at radius 3 is 2.44 bits per heavy atom. The molecule has 130 valence electrons. The van der Waals surface area contributed by atoms with Crippen LogP contribution in [0.3, 0.4) is 0 Å². The average Bonchev–Trinajstić information content (AvgIpc) is 2.65. The van der Waals surface area contributed by atoms with Gasteiger partial charge in [-0.15, -0.1) is 0 Å². The zero-order chi connectivity index (χ0) is 17.8. The van der Waals surface area contributed by atoms with Gasteiger partial charge in [-0.2, -0.15) is 0 Å². The van der Waals surface area contributed by atoms with Crippen LogP contribution >= 0.6 is 11.6 Å². The van der Waals surface area contributed by atoms with Crippen LogP contribution in [0.25, 0.3) is 0 Å². The molecule has 0 aliphatic carbocycles. The standard InChI is InChI=1S/C20H21ClN2O2/c1-2-19(24)23(18-9-7-17(21)8-10-18)14-20(25)22-12-11-15-5-3-4-6-16(15)13-22/h3-10H,2,11-14H2,1H3. The van der Waals surface area contributed by atoms with Crippen molar-refractivity contribution in [1.82, 2.24) is 4.90 Å². The number of carbonyl (C=O) groups excluding carboxylic acids is 2. The lowest BCUT2D eigenvalue weighted by Gasteiger charge is -2.31. The lowest BCUT2D eigenvalue weighted by molar-refractivity contribution is -0.132. The zero-order valence-electron chi connectivity index (χ0n) is 14.2. The number of carbonyl (C=O) groups is 2. The van der Waals surface area contributed by atoms with Crippen molar-refractivity contribution in [2.45, 2.75) is 26.3 Å². The molecule has 3 rings (SSSR count). The Morgan fingerprint density at radius 1 is 1.08 bits per heavy atom. The van der Waals surface area contributed by atoms with Gasteiger partial charge in [0.15, 0.2) is 0 Å². The van der Waals surface area contributed by atoms with Gasteiger partial charge in [-0.05, 0) is 41.8 Å². The number of benzene rings is 2. The van der Waals surface area contributed by atoms with Crippen LogP contribution in [0.15, 0.2) is 48.5 Å². The van der Waals surface area contributed by atoms with Crippen molar-refractivity contribution >= 4 is 29.1 Å². The summed E-state index contributed by atoms with van der Waals surface area (Å²) in [6.07, 6.45) is 1.20. The second-order valence-corrected chi connectivity index (χ2v) is 6.58. The molecule has 5 heteroatoms. The van der Waals surface area contributed by atoms with Crippen molar-refractivity contribution in [3.05, 3.63) is 64.7 Å². The molecule has 2 aromatic carbocycles. The van der Waals surface area contributed by atoms with E-state index in [0.29, 0.717) is 30.2 Å². The first-order valence-electron chi connectivity index (χ1n) is 8.49. The second kappa shape index (κ2) is 7.70. The van der Waals surface area contributed by atoms with Gasteiger partial charge >= 0.3 is 0 Å². The van der Waals surface area contributed by atoms with Crippen LogP contribution < -0.4 is 4.90 Å². The smallest absolute Gasteiger partial charge is 0.242 e. The molecule has 1 aliphatic heterocycles. The lowest BCUT2D eigenvalue weighted by atomic mass is 10.00. The highest BCUT2D eigenvalue weighted by atomic mass is 35.5. The highest BCUT2D eigenvalue weighted by Gasteiger charge is 2.24. The van der Waals surface area contributed by atoms with Crippen LogP contribution in [-0.2, 0) is 22.6 Å². The van der Waals surface area contributed by atoms with E-state index in [9.17, 15) is 9.59 Å². The van der Waals surface area contributed by atoms with E-state index >= 15 is 0 Å². The van der Waals surface area contributed by atoms with Gasteiger partial charge in [0.25, 0.3) is 0 Å². The molecule has 0 fully saturated rings. The Hall–Kier alpha value is -2.33. The monoisotopic (exact) mass is 356 g/mol. The molecule has 0 saturated heterocycles. The Labute approximate surface area is 153 Å². The molecule has 0 atom stereocenters. The molecule has 0 unspecified atom stereocenters. The van der Waals surface area contributed by atoms with E-state index in [2.05, 4.69) is 12.1 Å². The maximum atomic E-state index is 12.8. The summed E-state index contributed by atoms with van der Waals surface area (Å²) >= 11 is 5.93. The highest BCUT2D eigenvalue weighted by Crippen LogP contribution is 2.21. The van der Waals surface area contributed by atoms with Crippen LogP contribution in [0.5, 0.6) is 0 Å². The third-order valence-corrected chi connectivity index (χ3v) is 4.77. The minimum Gasteiger partial charge on any atom is -0.336 e. The van der Waals surface area contributed by atoms with Crippen LogP contribution in [0, 0.1) is 0 Å². The normalized spacial score (nSPS) is 13.3. The summed E-state index contributed by atoms with van der Waals surface area (Å²) in [6, 6.07) is 15.2. The molecule has 1 heterocycles. The minimum absolute atomic E-state index is 0.0359. The first-order chi connectivity index (χ1) is 12.1. The Bertz CT molecular complexity index is 774. The first kappa shape index (κ1) is 17.5. The summed E-state index contributed by atoms with van der Waals surface area (Å²) in [6.45, 7) is 3.14. The molecule has 0 bridgehead atoms. The van der Waals surface area contributed by atoms with E-state index < -0.39 is 0 Å². The highest BCUT2D eigenvalue weighted by molar-refractivity contribution is 6.30. The van der Waals surface area contributed by atoms with Gasteiger partial charge in [-0.3, -0.25) is 9.59 Å². The molecule has 2 aromatic rings. The Morgan fingerprint density at radius 2 is 1.76 bits per heavy atom. The first-order valence-corrected chi connectivity index (χ1v) is 8.86. The maximum absolute atomic E-state index is 12.8. The summed E-state index contributed by atoms with van der Waals surface area (Å²) in [5, 5.41) is 0.603. The van der Waals surface area contributed by atoms with Gasteiger partial charge in [0.2, 0.25) is 11.8 Å². The predicted molar refractivity (Wildman–Crippen MR) is 99.7 cm³/mol. The fourth-order valence-electron chi connectivity index (χ4n) is 3.08. The van der Waals surface area contributed by atoms with Gasteiger partial charge in [0, 0.05) is 30.2 Å². The van der Waals surface area contributed by atoms with E-state index in [1.165, 1.54) is 11.1 Å². The van der Waals surface area contributed by atoms with Crippen molar-refractivity contribution in [2.75, 3.05) is 18.0 Å². The topological polar surface area (TPSA) is 40.6 Å². The molecule has 4 nitrogen and oxygen atoms in total. The van der Waals surface area contributed by atoms with Crippen molar-refractivity contribution in [3.63, 3.8) is 0 Å². The Kier molecular flexibility index (Phi) is 5.39. The summed E-state index contributed by atoms with van der Waals surface area (Å²) < 4.78 is 0. The van der Waals surface area contributed by atoms with Crippen LogP contribution in [0.1, 0.15) is 24.5 Å². The third-order valence-electron chi connectivity index (χ3n) is 4.52. The number of hydrogen-bond donors (Lipinski definition) is 0. The summed E-state index contributed by atoms with van der Waals surface area (Å²) in [7, 11) is 0. The van der Waals surface area contributed by atoms with Gasteiger partial charge in [-0.1, -0.05) is 42.8 Å². The van der Waals surface area contributed by atoms with Gasteiger partial charge in [0.1, 0.15) is 6.54 Å². The number of fused-ring (bicyclic) bond motifs is 1. The van der Waals surface area contributed by atoms with Crippen molar-refractivity contribution in [3.8, 4) is 0 Å². The van der Waals surface area contributed by atoms with Crippen molar-refractivity contribution in [2.24, 2.45) is 0 Å². The van der Waals surface area contributed by atoms with Gasteiger partial charge in [-0.25, -0.2) is 0 Å². The molecule has 0 spiro atoms. The second-order valence-electron chi connectivity index (χ2n) is 6.14. The molecule has 0 N–H and O–H groups in total. The number of rotatable bonds is 4. The number of hydrogen-bond acceptors (Lipinski definition) is 2. The fourth-order valence-corrected chi connectivity index (χ4v) is 3.21. The summed E-state index contributed by atoms with van der Waals surface area (Å²) in [5.41, 5.74) is 3.18. The van der Waals surface area contributed by atoms with Crippen molar-refractivity contribution < 1.29 is 9.59 Å². The van der Waals surface area contributed by atoms with Gasteiger partial charge < -0.3 is 9.80 Å². The molecule has 0 saturated carbocycles. The summed E-state index contributed by atoms with van der Waals surface area (Å²) in [4.78, 5) is 28.5. The largest absolute Gasteiger partial charge is 0.336 e. The average molecular weight is 357 g/mol. The number of anilines is 1. The van der Waals surface area contributed by atoms with E-state index in [0.717, 1.165) is 6.42 Å². The molecule has 0 aromatic heterocycles. The fraction of sp³-hybridized carbons (Fsp3) is 0.300. The molecule has 1 aliphatic rings. The predicted octanol–water partition coefficient (Wildman–Crippen LogP) is 3.67. The SMILES string of the molecule is CCC(=O)N(CC(=O)N1CCc2ccccc2C1)c1ccc(Cl)cc1. The number of amides is 2. The van der Waals surface area contributed by atoms with Crippen LogP contribution in [-0.4, -0.2) is 29.8 Å². The van der Waals surface area contributed by atoms with Crippen molar-refractivity contribution in [1.29, 1.82) is 0 Å². The molecule has 0 radical (unpaired) electrons. The number of halogens is 1. The Balaban J connectivity index is 1.75. The molecular weight excluding hydrogens is 336 g/mol. The number of nitrogens with zero attached hydrogens (tertiary/aromatic N) is 2. The minimum atomic E-state index is -0.0758. The zero-order valence-corrected chi connectivity index (χ0v) is 15.0. The molecule has 25 heavy (non-hydrogen) atoms. The van der Waals surface area contributed by atoms with Crippen LogP contribution in [0.4, 0.5) is 5.69 Å². The molecule has 2 amide bonds. The quantitative estimate of drug-likeness (QED) is 0.838. The maximum Gasteiger partial charge on any atom is 0.242 e. The summed E-state index contributed by atoms with van der Waals surface area (Å²) in [5.74, 6) is -0.112. The lowest BCUT2D eigenvalue weighted by Crippen LogP contribution is -2.44. The van der Waals surface area contributed by atoms with Gasteiger partial charge in [0.05, 0.1) is 0 Å². The van der Waals surface area contributed by atoms with E-state index in [4.69, 9.17) is 11.6 Å². The van der Waals surface area contributed by atoms with E-state index in [-0.39, 0.29) is 18.4 Å².